The van der Waals surface area contributed by atoms with Gasteiger partial charge in [-0.2, -0.15) is 18.2 Å². The van der Waals surface area contributed by atoms with Gasteiger partial charge >= 0.3 is 6.18 Å². The van der Waals surface area contributed by atoms with Crippen molar-refractivity contribution in [2.45, 2.75) is 25.1 Å². The van der Waals surface area contributed by atoms with Crippen LogP contribution in [-0.2, 0) is 10.7 Å². The van der Waals surface area contributed by atoms with Crippen LogP contribution in [0.4, 0.5) is 30.6 Å². The number of rotatable bonds is 5. The SMILES string of the molecule is CP(C)(=O)c1cccc(Nc2nc(N[C@H]3CCCNC3)ncc2C(F)(F)F)c1. The van der Waals surface area contributed by atoms with Crippen molar-refractivity contribution in [2.75, 3.05) is 37.1 Å². The van der Waals surface area contributed by atoms with Crippen molar-refractivity contribution < 1.29 is 17.7 Å². The van der Waals surface area contributed by atoms with Crippen molar-refractivity contribution in [1.82, 2.24) is 15.3 Å². The largest absolute Gasteiger partial charge is 0.421 e. The molecule has 0 bridgehead atoms. The predicted molar refractivity (Wildman–Crippen MR) is 105 cm³/mol. The van der Waals surface area contributed by atoms with E-state index in [-0.39, 0.29) is 17.8 Å². The van der Waals surface area contributed by atoms with E-state index < -0.39 is 18.9 Å². The molecule has 3 rings (SSSR count). The van der Waals surface area contributed by atoms with E-state index in [2.05, 4.69) is 25.9 Å². The molecule has 1 aromatic carbocycles. The third kappa shape index (κ3) is 5.23. The van der Waals surface area contributed by atoms with Crippen LogP contribution in [0.15, 0.2) is 30.5 Å². The molecule has 1 aliphatic rings. The van der Waals surface area contributed by atoms with Gasteiger partial charge in [0.25, 0.3) is 0 Å². The Balaban J connectivity index is 1.90. The molecule has 3 N–H and O–H groups in total. The van der Waals surface area contributed by atoms with Crippen molar-refractivity contribution >= 4 is 29.9 Å². The lowest BCUT2D eigenvalue weighted by molar-refractivity contribution is -0.137. The van der Waals surface area contributed by atoms with Crippen molar-refractivity contribution in [3.8, 4) is 0 Å². The number of piperidine rings is 1. The summed E-state index contributed by atoms with van der Waals surface area (Å²) >= 11 is 0. The zero-order valence-corrected chi connectivity index (χ0v) is 16.6. The Morgan fingerprint density at radius 2 is 2.07 bits per heavy atom. The first-order valence-corrected chi connectivity index (χ1v) is 11.6. The summed E-state index contributed by atoms with van der Waals surface area (Å²) in [6.07, 6.45) is -1.95. The van der Waals surface area contributed by atoms with Gasteiger partial charge in [0.1, 0.15) is 18.5 Å². The summed E-state index contributed by atoms with van der Waals surface area (Å²) in [5.41, 5.74) is -0.572. The lowest BCUT2D eigenvalue weighted by Gasteiger charge is -2.24. The van der Waals surface area contributed by atoms with Gasteiger partial charge in [0.2, 0.25) is 5.95 Å². The van der Waals surface area contributed by atoms with Gasteiger partial charge in [-0.1, -0.05) is 12.1 Å². The van der Waals surface area contributed by atoms with Crippen molar-refractivity contribution in [3.05, 3.63) is 36.0 Å². The highest BCUT2D eigenvalue weighted by molar-refractivity contribution is 7.70. The summed E-state index contributed by atoms with van der Waals surface area (Å²) < 4.78 is 52.5. The van der Waals surface area contributed by atoms with E-state index in [0.717, 1.165) is 25.6 Å². The van der Waals surface area contributed by atoms with Gasteiger partial charge in [-0.25, -0.2) is 4.98 Å². The fraction of sp³-hybridized carbons (Fsp3) is 0.444. The minimum Gasteiger partial charge on any atom is -0.350 e. The molecule has 2 aromatic rings. The standard InChI is InChI=1S/C18H23F3N5OP/c1-28(2,27)14-7-3-5-12(9-14)24-16-15(18(19,20)21)11-23-17(26-16)25-13-6-4-8-22-10-13/h3,5,7,9,11,13,22H,4,6,8,10H2,1-2H3,(H2,23,24,25,26)/t13-/m0/s1. The molecular formula is C18H23F3N5OP. The van der Waals surface area contributed by atoms with E-state index in [9.17, 15) is 17.7 Å². The molecule has 1 saturated heterocycles. The summed E-state index contributed by atoms with van der Waals surface area (Å²) in [7, 11) is -2.54. The maximum atomic E-state index is 13.4. The molecule has 152 valence electrons. The maximum Gasteiger partial charge on any atom is 0.421 e. The van der Waals surface area contributed by atoms with Gasteiger partial charge in [-0.15, -0.1) is 0 Å². The number of nitrogens with one attached hydrogen (secondary N) is 3. The van der Waals surface area contributed by atoms with E-state index >= 15 is 0 Å². The summed E-state index contributed by atoms with van der Waals surface area (Å²) in [6.45, 7) is 4.85. The highest BCUT2D eigenvalue weighted by Gasteiger charge is 2.35. The van der Waals surface area contributed by atoms with Crippen LogP contribution >= 0.6 is 7.14 Å². The first-order chi connectivity index (χ1) is 13.1. The molecule has 10 heteroatoms. The van der Waals surface area contributed by atoms with Crippen molar-refractivity contribution in [3.63, 3.8) is 0 Å². The molecule has 6 nitrogen and oxygen atoms in total. The lowest BCUT2D eigenvalue weighted by atomic mass is 10.1. The minimum atomic E-state index is -4.60. The van der Waals surface area contributed by atoms with Gasteiger partial charge < -0.3 is 20.5 Å². The Kier molecular flexibility index (Phi) is 5.95. The van der Waals surface area contributed by atoms with Gasteiger partial charge in [0.05, 0.1) is 0 Å². The third-order valence-electron chi connectivity index (χ3n) is 4.45. The fourth-order valence-corrected chi connectivity index (χ4v) is 3.86. The molecule has 1 aromatic heterocycles. The number of halogens is 3. The lowest BCUT2D eigenvalue weighted by Crippen LogP contribution is -2.38. The van der Waals surface area contributed by atoms with Gasteiger partial charge in [-0.05, 0) is 44.8 Å². The predicted octanol–water partition coefficient (Wildman–Crippen LogP) is 3.65. The fourth-order valence-electron chi connectivity index (χ4n) is 2.97. The Labute approximate surface area is 161 Å². The molecule has 0 aliphatic carbocycles. The number of nitrogens with zero attached hydrogens (tertiary/aromatic N) is 2. The van der Waals surface area contributed by atoms with Crippen molar-refractivity contribution in [1.29, 1.82) is 0 Å². The molecule has 0 saturated carbocycles. The minimum absolute atomic E-state index is 0.0627. The van der Waals surface area contributed by atoms with Gasteiger partial charge in [0.15, 0.2) is 0 Å². The molecule has 1 atom stereocenters. The number of hydrogen-bond donors (Lipinski definition) is 3. The van der Waals surface area contributed by atoms with Crippen LogP contribution in [0.2, 0.25) is 0 Å². The zero-order valence-electron chi connectivity index (χ0n) is 15.7. The maximum absolute atomic E-state index is 13.4. The Hall–Kier alpha value is -2.12. The average molecular weight is 413 g/mol. The van der Waals surface area contributed by atoms with E-state index in [1.165, 1.54) is 0 Å². The van der Waals surface area contributed by atoms with Crippen molar-refractivity contribution in [2.24, 2.45) is 0 Å². The molecule has 1 fully saturated rings. The van der Waals surface area contributed by atoms with Crippen LogP contribution in [-0.4, -0.2) is 42.4 Å². The second-order valence-electron chi connectivity index (χ2n) is 7.17. The van der Waals surface area contributed by atoms with E-state index in [0.29, 0.717) is 17.5 Å². The summed E-state index contributed by atoms with van der Waals surface area (Å²) in [6, 6.07) is 6.60. The number of aromatic nitrogens is 2. The second kappa shape index (κ2) is 8.09. The Bertz CT molecular complexity index is 878. The molecule has 0 spiro atoms. The van der Waals surface area contributed by atoms with Gasteiger partial charge in [0, 0.05) is 29.8 Å². The first kappa shape index (κ1) is 20.6. The van der Waals surface area contributed by atoms with Crippen LogP contribution in [0.1, 0.15) is 18.4 Å². The van der Waals surface area contributed by atoms with Crippen LogP contribution in [0.3, 0.4) is 0 Å². The smallest absolute Gasteiger partial charge is 0.350 e. The van der Waals surface area contributed by atoms with E-state index in [1.807, 2.05) is 0 Å². The number of hydrogen-bond acceptors (Lipinski definition) is 6. The summed E-state index contributed by atoms with van der Waals surface area (Å²) in [4.78, 5) is 7.91. The monoisotopic (exact) mass is 413 g/mol. The van der Waals surface area contributed by atoms with Crippen LogP contribution in [0.25, 0.3) is 0 Å². The van der Waals surface area contributed by atoms with Crippen LogP contribution in [0.5, 0.6) is 0 Å². The number of benzene rings is 1. The molecular weight excluding hydrogens is 390 g/mol. The normalized spacial score (nSPS) is 18.0. The van der Waals surface area contributed by atoms with Crippen LogP contribution in [0, 0.1) is 0 Å². The molecule has 0 unspecified atom stereocenters. The average Bonchev–Trinajstić information content (AvgIpc) is 2.61. The van der Waals surface area contributed by atoms with Gasteiger partial charge in [-0.3, -0.25) is 0 Å². The Morgan fingerprint density at radius 1 is 1.29 bits per heavy atom. The second-order valence-corrected chi connectivity index (χ2v) is 10.4. The highest BCUT2D eigenvalue weighted by atomic mass is 31.2. The first-order valence-electron chi connectivity index (χ1n) is 8.97. The van der Waals surface area contributed by atoms with E-state index in [4.69, 9.17) is 0 Å². The molecule has 2 heterocycles. The van der Waals surface area contributed by atoms with Crippen LogP contribution < -0.4 is 21.3 Å². The molecule has 0 amide bonds. The molecule has 1 aliphatic heterocycles. The quantitative estimate of drug-likeness (QED) is 0.650. The third-order valence-corrected chi connectivity index (χ3v) is 5.98. The Morgan fingerprint density at radius 3 is 2.71 bits per heavy atom. The number of alkyl halides is 3. The topological polar surface area (TPSA) is 78.9 Å². The summed E-state index contributed by atoms with van der Waals surface area (Å²) in [5.74, 6) is -0.204. The van der Waals surface area contributed by atoms with E-state index in [1.54, 1.807) is 37.6 Å². The summed E-state index contributed by atoms with van der Waals surface area (Å²) in [5, 5.41) is 9.61. The highest BCUT2D eigenvalue weighted by Crippen LogP contribution is 2.37. The molecule has 0 radical (unpaired) electrons. The number of anilines is 3. The molecule has 28 heavy (non-hydrogen) atoms. The zero-order chi connectivity index (χ0) is 20.4.